The fourth-order valence-electron chi connectivity index (χ4n) is 2.08. The quantitative estimate of drug-likeness (QED) is 0.634. The molecule has 0 aromatic heterocycles. The van der Waals surface area contributed by atoms with Crippen molar-refractivity contribution in [1.82, 2.24) is 4.90 Å². The Bertz CT molecular complexity index is 280. The predicted molar refractivity (Wildman–Crippen MR) is 49.2 cm³/mol. The number of rotatable bonds is 2. The highest BCUT2D eigenvalue weighted by Crippen LogP contribution is 2.26. The SMILES string of the molecule is O=C1C=CC(=O)N1CC1CCC(O)C1. The molecule has 1 aliphatic carbocycles. The molecule has 1 N–H and O–H groups in total. The van der Waals surface area contributed by atoms with E-state index in [1.807, 2.05) is 0 Å². The van der Waals surface area contributed by atoms with Gasteiger partial charge >= 0.3 is 0 Å². The van der Waals surface area contributed by atoms with Crippen LogP contribution in [0.3, 0.4) is 0 Å². The van der Waals surface area contributed by atoms with Gasteiger partial charge in [-0.15, -0.1) is 0 Å². The number of nitrogens with zero attached hydrogens (tertiary/aromatic N) is 1. The lowest BCUT2D eigenvalue weighted by molar-refractivity contribution is -0.137. The number of carbonyl (C=O) groups is 2. The topological polar surface area (TPSA) is 57.6 Å². The van der Waals surface area contributed by atoms with Crippen LogP contribution in [0.2, 0.25) is 0 Å². The molecular weight excluding hydrogens is 182 g/mol. The molecule has 4 nitrogen and oxygen atoms in total. The Morgan fingerprint density at radius 1 is 1.29 bits per heavy atom. The van der Waals surface area contributed by atoms with Gasteiger partial charge in [-0.3, -0.25) is 14.5 Å². The Morgan fingerprint density at radius 3 is 2.43 bits per heavy atom. The fraction of sp³-hybridized carbons (Fsp3) is 0.600. The summed E-state index contributed by atoms with van der Waals surface area (Å²) in [6.07, 6.45) is 4.74. The Hall–Kier alpha value is -1.16. The summed E-state index contributed by atoms with van der Waals surface area (Å²) in [5, 5.41) is 9.30. The normalized spacial score (nSPS) is 31.9. The minimum absolute atomic E-state index is 0.226. The molecule has 1 heterocycles. The summed E-state index contributed by atoms with van der Waals surface area (Å²) >= 11 is 0. The molecule has 2 atom stereocenters. The number of imide groups is 1. The van der Waals surface area contributed by atoms with E-state index in [1.54, 1.807) is 0 Å². The monoisotopic (exact) mass is 195 g/mol. The molecular formula is C10H13NO3. The number of hydrogen-bond donors (Lipinski definition) is 1. The van der Waals surface area contributed by atoms with Gasteiger partial charge < -0.3 is 5.11 Å². The molecule has 2 rings (SSSR count). The lowest BCUT2D eigenvalue weighted by Gasteiger charge is -2.18. The number of hydrogen-bond acceptors (Lipinski definition) is 3. The van der Waals surface area contributed by atoms with Crippen molar-refractivity contribution in [2.75, 3.05) is 6.54 Å². The van der Waals surface area contributed by atoms with Gasteiger partial charge in [0.25, 0.3) is 11.8 Å². The molecule has 4 heteroatoms. The van der Waals surface area contributed by atoms with Crippen LogP contribution in [0.5, 0.6) is 0 Å². The maximum atomic E-state index is 11.2. The van der Waals surface area contributed by atoms with Crippen LogP contribution in [0, 0.1) is 5.92 Å². The Labute approximate surface area is 82.2 Å². The molecule has 2 aliphatic rings. The Morgan fingerprint density at radius 2 is 1.93 bits per heavy atom. The van der Waals surface area contributed by atoms with Gasteiger partial charge in [0.1, 0.15) is 0 Å². The molecule has 2 unspecified atom stereocenters. The number of carbonyl (C=O) groups excluding carboxylic acids is 2. The average molecular weight is 195 g/mol. The van der Waals surface area contributed by atoms with Crippen LogP contribution < -0.4 is 0 Å². The second-order valence-corrected chi connectivity index (χ2v) is 3.95. The minimum atomic E-state index is -0.249. The summed E-state index contributed by atoms with van der Waals surface area (Å²) in [5.74, 6) is -0.175. The van der Waals surface area contributed by atoms with E-state index in [0.717, 1.165) is 12.8 Å². The zero-order chi connectivity index (χ0) is 10.1. The molecule has 0 aromatic carbocycles. The molecule has 76 valence electrons. The molecule has 2 amide bonds. The van der Waals surface area contributed by atoms with E-state index < -0.39 is 0 Å². The van der Waals surface area contributed by atoms with Crippen LogP contribution in [0.15, 0.2) is 12.2 Å². The number of aliphatic hydroxyl groups is 1. The van der Waals surface area contributed by atoms with Gasteiger partial charge in [0.2, 0.25) is 0 Å². The maximum absolute atomic E-state index is 11.2. The van der Waals surface area contributed by atoms with Gasteiger partial charge in [-0.05, 0) is 25.2 Å². The summed E-state index contributed by atoms with van der Waals surface area (Å²) in [5.41, 5.74) is 0. The van der Waals surface area contributed by atoms with E-state index in [0.29, 0.717) is 13.0 Å². The second kappa shape index (κ2) is 3.53. The first-order valence-electron chi connectivity index (χ1n) is 4.88. The molecule has 0 spiro atoms. The third-order valence-electron chi connectivity index (χ3n) is 2.85. The summed E-state index contributed by atoms with van der Waals surface area (Å²) in [4.78, 5) is 23.7. The molecule has 1 saturated carbocycles. The number of aliphatic hydroxyl groups excluding tert-OH is 1. The lowest BCUT2D eigenvalue weighted by atomic mass is 10.1. The first-order chi connectivity index (χ1) is 6.66. The van der Waals surface area contributed by atoms with Crippen molar-refractivity contribution in [2.45, 2.75) is 25.4 Å². The van der Waals surface area contributed by atoms with Crippen molar-refractivity contribution < 1.29 is 14.7 Å². The van der Waals surface area contributed by atoms with Crippen LogP contribution in [0.25, 0.3) is 0 Å². The summed E-state index contributed by atoms with van der Waals surface area (Å²) in [6.45, 7) is 0.460. The van der Waals surface area contributed by atoms with Gasteiger partial charge in [-0.25, -0.2) is 0 Å². The first kappa shape index (κ1) is 9.40. The largest absolute Gasteiger partial charge is 0.393 e. The summed E-state index contributed by atoms with van der Waals surface area (Å²) < 4.78 is 0. The van der Waals surface area contributed by atoms with E-state index >= 15 is 0 Å². The molecule has 1 fully saturated rings. The second-order valence-electron chi connectivity index (χ2n) is 3.95. The molecule has 0 radical (unpaired) electrons. The third kappa shape index (κ3) is 1.70. The van der Waals surface area contributed by atoms with E-state index in [1.165, 1.54) is 17.1 Å². The average Bonchev–Trinajstić information content (AvgIpc) is 2.67. The molecule has 0 aromatic rings. The van der Waals surface area contributed by atoms with Gasteiger partial charge in [0.15, 0.2) is 0 Å². The van der Waals surface area contributed by atoms with Crippen LogP contribution in [-0.2, 0) is 9.59 Å². The molecule has 0 bridgehead atoms. The third-order valence-corrected chi connectivity index (χ3v) is 2.85. The van der Waals surface area contributed by atoms with Crippen molar-refractivity contribution in [3.63, 3.8) is 0 Å². The van der Waals surface area contributed by atoms with Crippen molar-refractivity contribution in [3.05, 3.63) is 12.2 Å². The van der Waals surface area contributed by atoms with Crippen LogP contribution in [-0.4, -0.2) is 34.5 Å². The maximum Gasteiger partial charge on any atom is 0.253 e. The van der Waals surface area contributed by atoms with E-state index in [4.69, 9.17) is 0 Å². The Balaban J connectivity index is 1.92. The Kier molecular flexibility index (Phi) is 2.37. The lowest BCUT2D eigenvalue weighted by Crippen LogP contribution is -2.34. The van der Waals surface area contributed by atoms with E-state index in [2.05, 4.69) is 0 Å². The van der Waals surface area contributed by atoms with Gasteiger partial charge in [-0.2, -0.15) is 0 Å². The number of amides is 2. The molecule has 14 heavy (non-hydrogen) atoms. The molecule has 0 saturated heterocycles. The zero-order valence-electron chi connectivity index (χ0n) is 7.85. The summed E-state index contributed by atoms with van der Waals surface area (Å²) in [7, 11) is 0. The van der Waals surface area contributed by atoms with Crippen LogP contribution >= 0.6 is 0 Å². The summed E-state index contributed by atoms with van der Waals surface area (Å²) in [6, 6.07) is 0. The molecule has 1 aliphatic heterocycles. The smallest absolute Gasteiger partial charge is 0.253 e. The van der Waals surface area contributed by atoms with Gasteiger partial charge in [0.05, 0.1) is 6.10 Å². The highest BCUT2D eigenvalue weighted by molar-refractivity contribution is 6.12. The van der Waals surface area contributed by atoms with Crippen molar-refractivity contribution >= 4 is 11.8 Å². The fourth-order valence-corrected chi connectivity index (χ4v) is 2.08. The van der Waals surface area contributed by atoms with Crippen LogP contribution in [0.1, 0.15) is 19.3 Å². The first-order valence-corrected chi connectivity index (χ1v) is 4.88. The van der Waals surface area contributed by atoms with E-state index in [-0.39, 0.29) is 23.8 Å². The minimum Gasteiger partial charge on any atom is -0.393 e. The highest BCUT2D eigenvalue weighted by atomic mass is 16.3. The van der Waals surface area contributed by atoms with E-state index in [9.17, 15) is 14.7 Å². The van der Waals surface area contributed by atoms with Crippen LogP contribution in [0.4, 0.5) is 0 Å². The van der Waals surface area contributed by atoms with Crippen molar-refractivity contribution in [2.24, 2.45) is 5.92 Å². The van der Waals surface area contributed by atoms with Crippen molar-refractivity contribution in [1.29, 1.82) is 0 Å². The van der Waals surface area contributed by atoms with Gasteiger partial charge in [-0.1, -0.05) is 0 Å². The van der Waals surface area contributed by atoms with Crippen molar-refractivity contribution in [3.8, 4) is 0 Å². The predicted octanol–water partition coefficient (Wildman–Crippen LogP) is 0.0724. The highest BCUT2D eigenvalue weighted by Gasteiger charge is 2.30. The standard InChI is InChI=1S/C10H13NO3/c12-8-2-1-7(5-8)6-11-9(13)3-4-10(11)14/h3-4,7-8,12H,1-2,5-6H2. The van der Waals surface area contributed by atoms with Gasteiger partial charge in [0, 0.05) is 18.7 Å². The zero-order valence-corrected chi connectivity index (χ0v) is 7.85.